The second-order valence-electron chi connectivity index (χ2n) is 7.36. The van der Waals surface area contributed by atoms with E-state index in [2.05, 4.69) is 17.4 Å². The molecule has 24 heavy (non-hydrogen) atoms. The van der Waals surface area contributed by atoms with Crippen molar-refractivity contribution >= 4 is 11.8 Å². The summed E-state index contributed by atoms with van der Waals surface area (Å²) < 4.78 is 0. The van der Waals surface area contributed by atoms with Crippen LogP contribution in [0.15, 0.2) is 30.3 Å². The number of carbonyl (C=O) groups excluding carboxylic acids is 2. The van der Waals surface area contributed by atoms with Crippen molar-refractivity contribution in [3.05, 3.63) is 35.9 Å². The number of amides is 2. The molecule has 130 valence electrons. The lowest BCUT2D eigenvalue weighted by molar-refractivity contribution is -0.141. The summed E-state index contributed by atoms with van der Waals surface area (Å²) in [5.74, 6) is 0.159. The van der Waals surface area contributed by atoms with E-state index in [4.69, 9.17) is 0 Å². The lowest BCUT2D eigenvalue weighted by atomic mass is 9.96. The fourth-order valence-corrected chi connectivity index (χ4v) is 4.00. The van der Waals surface area contributed by atoms with Crippen LogP contribution >= 0.6 is 0 Å². The van der Waals surface area contributed by atoms with Gasteiger partial charge in [0.1, 0.15) is 5.54 Å². The highest BCUT2D eigenvalue weighted by Crippen LogP contribution is 2.31. The van der Waals surface area contributed by atoms with E-state index < -0.39 is 5.54 Å². The average Bonchev–Trinajstić information content (AvgIpc) is 3.19. The van der Waals surface area contributed by atoms with Gasteiger partial charge in [-0.25, -0.2) is 0 Å². The molecule has 1 aromatic rings. The number of nitrogens with zero attached hydrogens (tertiary/aromatic N) is 1. The molecule has 0 spiro atoms. The van der Waals surface area contributed by atoms with Gasteiger partial charge in [-0.1, -0.05) is 43.2 Å². The molecular weight excluding hydrogens is 300 g/mol. The normalized spacial score (nSPS) is 24.5. The summed E-state index contributed by atoms with van der Waals surface area (Å²) >= 11 is 0. The van der Waals surface area contributed by atoms with Crippen molar-refractivity contribution in [3.63, 3.8) is 0 Å². The van der Waals surface area contributed by atoms with Gasteiger partial charge in [0.2, 0.25) is 11.8 Å². The Morgan fingerprint density at radius 1 is 1.25 bits per heavy atom. The van der Waals surface area contributed by atoms with Gasteiger partial charge in [0.25, 0.3) is 0 Å². The van der Waals surface area contributed by atoms with Crippen molar-refractivity contribution in [3.8, 4) is 0 Å². The van der Waals surface area contributed by atoms with E-state index in [1.54, 1.807) is 0 Å². The van der Waals surface area contributed by atoms with Gasteiger partial charge in [-0.3, -0.25) is 9.59 Å². The third kappa shape index (κ3) is 3.63. The van der Waals surface area contributed by atoms with E-state index in [9.17, 15) is 9.59 Å². The molecule has 0 aromatic heterocycles. The predicted octanol–water partition coefficient (Wildman–Crippen LogP) is 3.06. The molecule has 3 rings (SSSR count). The van der Waals surface area contributed by atoms with Gasteiger partial charge in [0, 0.05) is 19.0 Å². The first-order valence-electron chi connectivity index (χ1n) is 9.25. The first-order chi connectivity index (χ1) is 11.6. The molecule has 4 heteroatoms. The van der Waals surface area contributed by atoms with Crippen LogP contribution in [-0.4, -0.2) is 34.8 Å². The molecule has 1 heterocycles. The second kappa shape index (κ2) is 7.37. The zero-order valence-electron chi connectivity index (χ0n) is 14.6. The number of benzene rings is 1. The van der Waals surface area contributed by atoms with Crippen LogP contribution in [0, 0.1) is 0 Å². The average molecular weight is 328 g/mol. The van der Waals surface area contributed by atoms with Crippen LogP contribution in [0.25, 0.3) is 0 Å². The maximum absolute atomic E-state index is 12.8. The van der Waals surface area contributed by atoms with Gasteiger partial charge in [-0.2, -0.15) is 0 Å². The maximum Gasteiger partial charge on any atom is 0.245 e. The number of hydrogen-bond donors (Lipinski definition) is 1. The molecule has 1 atom stereocenters. The molecule has 2 aliphatic rings. The smallest absolute Gasteiger partial charge is 0.245 e. The Bertz CT molecular complexity index is 581. The second-order valence-corrected chi connectivity index (χ2v) is 7.36. The molecule has 1 saturated heterocycles. The molecule has 1 aliphatic carbocycles. The van der Waals surface area contributed by atoms with Crippen LogP contribution < -0.4 is 5.32 Å². The van der Waals surface area contributed by atoms with Crippen LogP contribution in [0.2, 0.25) is 0 Å². The van der Waals surface area contributed by atoms with E-state index in [1.807, 2.05) is 30.0 Å². The van der Waals surface area contributed by atoms with Gasteiger partial charge in [0.15, 0.2) is 0 Å². The van der Waals surface area contributed by atoms with Crippen molar-refractivity contribution < 1.29 is 9.59 Å². The Morgan fingerprint density at radius 2 is 1.96 bits per heavy atom. The van der Waals surface area contributed by atoms with Crippen LogP contribution in [0.1, 0.15) is 57.4 Å². The number of hydrogen-bond acceptors (Lipinski definition) is 2. The number of rotatable bonds is 6. The SMILES string of the molecule is CC1(C(=O)NC2CCCC2)CCC(=O)N1CCCc1ccccc1. The van der Waals surface area contributed by atoms with Crippen molar-refractivity contribution in [1.29, 1.82) is 0 Å². The molecule has 0 radical (unpaired) electrons. The minimum atomic E-state index is -0.670. The van der Waals surface area contributed by atoms with Crippen molar-refractivity contribution in [2.45, 2.75) is 69.9 Å². The van der Waals surface area contributed by atoms with Crippen LogP contribution in [0.5, 0.6) is 0 Å². The molecule has 1 N–H and O–H groups in total. The zero-order valence-corrected chi connectivity index (χ0v) is 14.6. The largest absolute Gasteiger partial charge is 0.351 e. The fraction of sp³-hybridized carbons (Fsp3) is 0.600. The van der Waals surface area contributed by atoms with E-state index in [0.717, 1.165) is 25.7 Å². The number of aryl methyl sites for hydroxylation is 1. The van der Waals surface area contributed by atoms with Crippen LogP contribution in [0.4, 0.5) is 0 Å². The summed E-state index contributed by atoms with van der Waals surface area (Å²) in [4.78, 5) is 26.9. The van der Waals surface area contributed by atoms with E-state index >= 15 is 0 Å². The van der Waals surface area contributed by atoms with Crippen molar-refractivity contribution in [2.24, 2.45) is 0 Å². The predicted molar refractivity (Wildman–Crippen MR) is 94.5 cm³/mol. The molecule has 4 nitrogen and oxygen atoms in total. The Kier molecular flexibility index (Phi) is 5.22. The molecule has 2 fully saturated rings. The molecular formula is C20H28N2O2. The highest BCUT2D eigenvalue weighted by Gasteiger charge is 2.47. The first kappa shape index (κ1) is 17.0. The molecule has 1 unspecified atom stereocenters. The molecule has 1 saturated carbocycles. The van der Waals surface area contributed by atoms with Gasteiger partial charge in [-0.05, 0) is 44.6 Å². The van der Waals surface area contributed by atoms with Crippen molar-refractivity contribution in [1.82, 2.24) is 10.2 Å². The van der Waals surface area contributed by atoms with Crippen molar-refractivity contribution in [2.75, 3.05) is 6.54 Å². The van der Waals surface area contributed by atoms with Crippen LogP contribution in [-0.2, 0) is 16.0 Å². The lowest BCUT2D eigenvalue weighted by Crippen LogP contribution is -2.56. The Labute approximate surface area is 144 Å². The summed E-state index contributed by atoms with van der Waals surface area (Å²) in [5.41, 5.74) is 0.609. The Morgan fingerprint density at radius 3 is 2.67 bits per heavy atom. The van der Waals surface area contributed by atoms with Crippen LogP contribution in [0.3, 0.4) is 0 Å². The third-order valence-electron chi connectivity index (χ3n) is 5.59. The Hall–Kier alpha value is -1.84. The third-order valence-corrected chi connectivity index (χ3v) is 5.59. The highest BCUT2D eigenvalue weighted by atomic mass is 16.2. The number of nitrogens with one attached hydrogen (secondary N) is 1. The summed E-state index contributed by atoms with van der Waals surface area (Å²) in [6.45, 7) is 2.59. The molecule has 0 bridgehead atoms. The summed E-state index contributed by atoms with van der Waals surface area (Å²) in [6.07, 6.45) is 7.49. The van der Waals surface area contributed by atoms with Gasteiger partial charge in [-0.15, -0.1) is 0 Å². The van der Waals surface area contributed by atoms with E-state index in [1.165, 1.54) is 18.4 Å². The number of carbonyl (C=O) groups is 2. The van der Waals surface area contributed by atoms with E-state index in [-0.39, 0.29) is 11.8 Å². The summed E-state index contributed by atoms with van der Waals surface area (Å²) in [7, 11) is 0. The monoisotopic (exact) mass is 328 g/mol. The fourth-order valence-electron chi connectivity index (χ4n) is 4.00. The minimum Gasteiger partial charge on any atom is -0.351 e. The molecule has 2 amide bonds. The van der Waals surface area contributed by atoms with Gasteiger partial charge in [0.05, 0.1) is 0 Å². The van der Waals surface area contributed by atoms with E-state index in [0.29, 0.717) is 25.4 Å². The molecule has 1 aliphatic heterocycles. The standard InChI is InChI=1S/C20H28N2O2/c1-20(19(24)21-17-11-5-6-12-17)14-13-18(23)22(20)15-7-10-16-8-3-2-4-9-16/h2-4,8-9,17H,5-7,10-15H2,1H3,(H,21,24). The molecule has 1 aromatic carbocycles. The van der Waals surface area contributed by atoms with Gasteiger partial charge >= 0.3 is 0 Å². The summed E-state index contributed by atoms with van der Waals surface area (Å²) in [6, 6.07) is 10.6. The Balaban J connectivity index is 1.58. The quantitative estimate of drug-likeness (QED) is 0.872. The minimum absolute atomic E-state index is 0.0416. The lowest BCUT2D eigenvalue weighted by Gasteiger charge is -2.35. The summed E-state index contributed by atoms with van der Waals surface area (Å²) in [5, 5.41) is 3.19. The topological polar surface area (TPSA) is 49.4 Å². The number of likely N-dealkylation sites (tertiary alicyclic amines) is 1. The maximum atomic E-state index is 12.8. The van der Waals surface area contributed by atoms with Gasteiger partial charge < -0.3 is 10.2 Å². The zero-order chi connectivity index (χ0) is 17.0. The first-order valence-corrected chi connectivity index (χ1v) is 9.25. The highest BCUT2D eigenvalue weighted by molar-refractivity contribution is 5.94.